The molecule has 0 bridgehead atoms. The molecule has 7 heteroatoms. The maximum absolute atomic E-state index is 13.7. The van der Waals surface area contributed by atoms with Gasteiger partial charge in [0.25, 0.3) is 5.91 Å². The van der Waals surface area contributed by atoms with Crippen LogP contribution in [0.5, 0.6) is 0 Å². The largest absolute Gasteiger partial charge is 0.416 e. The number of para-hydroxylation sites is 1. The van der Waals surface area contributed by atoms with Gasteiger partial charge in [0.2, 0.25) is 0 Å². The molecule has 0 unspecified atom stereocenters. The molecule has 4 nitrogen and oxygen atoms in total. The minimum absolute atomic E-state index is 0.0588. The summed E-state index contributed by atoms with van der Waals surface area (Å²) < 4.78 is 41.0. The van der Waals surface area contributed by atoms with E-state index in [1.54, 1.807) is 36.4 Å². The predicted octanol–water partition coefficient (Wildman–Crippen LogP) is 3.26. The van der Waals surface area contributed by atoms with Gasteiger partial charge in [-0.25, -0.2) is 0 Å². The summed E-state index contributed by atoms with van der Waals surface area (Å²) in [5.41, 5.74) is 6.22. The summed E-state index contributed by atoms with van der Waals surface area (Å²) in [6, 6.07) is 11.6. The van der Waals surface area contributed by atoms with E-state index in [4.69, 9.17) is 5.73 Å². The number of anilines is 1. The lowest BCUT2D eigenvalue weighted by Crippen LogP contribution is -2.49. The monoisotopic (exact) mass is 375 g/mol. The maximum atomic E-state index is 13.7. The topological polar surface area (TPSA) is 49.6 Å². The predicted molar refractivity (Wildman–Crippen MR) is 96.2 cm³/mol. The van der Waals surface area contributed by atoms with Crippen LogP contribution in [-0.4, -0.2) is 30.4 Å². The number of nitrogens with two attached hydrogens (primary N) is 1. The van der Waals surface area contributed by atoms with E-state index >= 15 is 0 Å². The van der Waals surface area contributed by atoms with Crippen molar-refractivity contribution in [1.29, 1.82) is 0 Å². The third-order valence-electron chi connectivity index (χ3n) is 5.25. The highest BCUT2D eigenvalue weighted by atomic mass is 19.4. The first-order chi connectivity index (χ1) is 12.9. The average Bonchev–Trinajstić information content (AvgIpc) is 2.94. The average molecular weight is 375 g/mol. The van der Waals surface area contributed by atoms with Gasteiger partial charge in [-0.05, 0) is 47.9 Å². The van der Waals surface area contributed by atoms with Gasteiger partial charge in [0.05, 0.1) is 12.1 Å². The molecule has 0 aromatic heterocycles. The van der Waals surface area contributed by atoms with Gasteiger partial charge in [-0.2, -0.15) is 13.2 Å². The van der Waals surface area contributed by atoms with Crippen LogP contribution in [0.4, 0.5) is 18.9 Å². The van der Waals surface area contributed by atoms with E-state index in [0.29, 0.717) is 30.3 Å². The first-order valence-electron chi connectivity index (χ1n) is 8.89. The fraction of sp³-hybridized carbons (Fsp3) is 0.350. The first kappa shape index (κ1) is 18.0. The minimum atomic E-state index is -4.50. The van der Waals surface area contributed by atoms with Crippen LogP contribution in [0.3, 0.4) is 0 Å². The Balaban J connectivity index is 1.68. The second kappa shape index (κ2) is 6.65. The van der Waals surface area contributed by atoms with Crippen molar-refractivity contribution in [3.63, 3.8) is 0 Å². The number of alkyl halides is 3. The molecule has 4 rings (SSSR count). The van der Waals surface area contributed by atoms with Crippen LogP contribution in [-0.2, 0) is 19.3 Å². The van der Waals surface area contributed by atoms with Gasteiger partial charge in [-0.3, -0.25) is 9.69 Å². The number of hydrogen-bond acceptors (Lipinski definition) is 3. The van der Waals surface area contributed by atoms with Crippen LogP contribution < -0.4 is 10.6 Å². The van der Waals surface area contributed by atoms with Crippen molar-refractivity contribution >= 4 is 11.6 Å². The van der Waals surface area contributed by atoms with Crippen molar-refractivity contribution in [2.45, 2.75) is 19.3 Å². The molecule has 0 aliphatic carbocycles. The Labute approximate surface area is 155 Å². The Bertz CT molecular complexity index is 861. The summed E-state index contributed by atoms with van der Waals surface area (Å²) in [5, 5.41) is 0. The number of likely N-dealkylation sites (tertiary alicyclic amines) is 1. The molecule has 142 valence electrons. The number of halogens is 3. The Morgan fingerprint density at radius 2 is 1.81 bits per heavy atom. The number of hydrogen-bond donors (Lipinski definition) is 1. The van der Waals surface area contributed by atoms with Gasteiger partial charge in [-0.15, -0.1) is 0 Å². The van der Waals surface area contributed by atoms with Gasteiger partial charge in [0.1, 0.15) is 0 Å². The summed E-state index contributed by atoms with van der Waals surface area (Å²) in [6.45, 7) is 2.47. The Kier molecular flexibility index (Phi) is 4.44. The molecule has 2 N–H and O–H groups in total. The molecule has 2 aromatic rings. The van der Waals surface area contributed by atoms with E-state index in [9.17, 15) is 18.0 Å². The highest BCUT2D eigenvalue weighted by molar-refractivity contribution is 6.10. The molecule has 2 aliphatic rings. The summed E-state index contributed by atoms with van der Waals surface area (Å²) in [4.78, 5) is 16.3. The molecule has 0 radical (unpaired) electrons. The van der Waals surface area contributed by atoms with Crippen molar-refractivity contribution < 1.29 is 18.0 Å². The number of benzene rings is 2. The smallest absolute Gasteiger partial charge is 0.330 e. The Morgan fingerprint density at radius 1 is 1.11 bits per heavy atom. The van der Waals surface area contributed by atoms with Gasteiger partial charge < -0.3 is 10.6 Å². The van der Waals surface area contributed by atoms with E-state index < -0.39 is 11.7 Å². The number of rotatable bonds is 4. The van der Waals surface area contributed by atoms with E-state index in [0.717, 1.165) is 13.1 Å². The zero-order chi connectivity index (χ0) is 19.2. The molecule has 0 spiro atoms. The first-order valence-corrected chi connectivity index (χ1v) is 8.89. The van der Waals surface area contributed by atoms with E-state index in [2.05, 4.69) is 0 Å². The van der Waals surface area contributed by atoms with E-state index in [-0.39, 0.29) is 23.6 Å². The second-order valence-corrected chi connectivity index (χ2v) is 7.19. The summed E-state index contributed by atoms with van der Waals surface area (Å²) in [5.74, 6) is 0.0173. The molecule has 0 saturated carbocycles. The highest BCUT2D eigenvalue weighted by Crippen LogP contribution is 2.39. The molecule has 0 atom stereocenters. The van der Waals surface area contributed by atoms with Crippen molar-refractivity contribution in [3.05, 3.63) is 64.7 Å². The molecule has 1 amide bonds. The number of carbonyl (C=O) groups excluding carboxylic acids is 1. The highest BCUT2D eigenvalue weighted by Gasteiger charge is 2.40. The Morgan fingerprint density at radius 3 is 2.44 bits per heavy atom. The van der Waals surface area contributed by atoms with Crippen LogP contribution in [0, 0.1) is 5.92 Å². The van der Waals surface area contributed by atoms with Gasteiger partial charge >= 0.3 is 6.18 Å². The van der Waals surface area contributed by atoms with Gasteiger partial charge in [-0.1, -0.05) is 18.2 Å². The van der Waals surface area contributed by atoms with Crippen LogP contribution >= 0.6 is 0 Å². The second-order valence-electron chi connectivity index (χ2n) is 7.19. The standard InChI is InChI=1S/C20H20F3N3O/c21-20(22,23)18-7-13(9-25-10-14(8-24)11-25)6-16-17(18)12-26(19(16)27)15-4-2-1-3-5-15/h1-7,14H,8-12,24H2. The SMILES string of the molecule is NCC1CN(Cc2cc3c(c(C(F)(F)F)c2)CN(c2ccccc2)C3=O)C1. The van der Waals surface area contributed by atoms with E-state index in [1.807, 2.05) is 4.90 Å². The van der Waals surface area contributed by atoms with Crippen molar-refractivity contribution in [2.75, 3.05) is 24.5 Å². The number of amides is 1. The molecular formula is C20H20F3N3O. The molecular weight excluding hydrogens is 355 g/mol. The van der Waals surface area contributed by atoms with Gasteiger partial charge in [0, 0.05) is 30.9 Å². The van der Waals surface area contributed by atoms with Crippen LogP contribution in [0.25, 0.3) is 0 Å². The number of nitrogens with zero attached hydrogens (tertiary/aromatic N) is 2. The van der Waals surface area contributed by atoms with Crippen LogP contribution in [0.15, 0.2) is 42.5 Å². The lowest BCUT2D eigenvalue weighted by Gasteiger charge is -2.38. The summed E-state index contributed by atoms with van der Waals surface area (Å²) in [7, 11) is 0. The molecule has 1 fully saturated rings. The number of fused-ring (bicyclic) bond motifs is 1. The Hall–Kier alpha value is -2.38. The molecule has 27 heavy (non-hydrogen) atoms. The van der Waals surface area contributed by atoms with Crippen molar-refractivity contribution in [1.82, 2.24) is 4.90 Å². The normalized spacial score (nSPS) is 17.9. The van der Waals surface area contributed by atoms with Crippen LogP contribution in [0.2, 0.25) is 0 Å². The summed E-state index contributed by atoms with van der Waals surface area (Å²) in [6.07, 6.45) is -4.50. The van der Waals surface area contributed by atoms with Crippen molar-refractivity contribution in [3.8, 4) is 0 Å². The van der Waals surface area contributed by atoms with E-state index in [1.165, 1.54) is 11.0 Å². The fourth-order valence-corrected chi connectivity index (χ4v) is 3.84. The fourth-order valence-electron chi connectivity index (χ4n) is 3.84. The molecule has 1 saturated heterocycles. The van der Waals surface area contributed by atoms with Gasteiger partial charge in [0.15, 0.2) is 0 Å². The molecule has 2 heterocycles. The van der Waals surface area contributed by atoms with Crippen LogP contribution in [0.1, 0.15) is 27.0 Å². The number of carbonyl (C=O) groups is 1. The lowest BCUT2D eigenvalue weighted by molar-refractivity contribution is -0.138. The lowest BCUT2D eigenvalue weighted by atomic mass is 9.96. The zero-order valence-electron chi connectivity index (χ0n) is 14.7. The zero-order valence-corrected chi connectivity index (χ0v) is 14.7. The third-order valence-corrected chi connectivity index (χ3v) is 5.25. The summed E-state index contributed by atoms with van der Waals surface area (Å²) >= 11 is 0. The molecule has 2 aromatic carbocycles. The van der Waals surface area contributed by atoms with Crippen molar-refractivity contribution in [2.24, 2.45) is 11.7 Å². The maximum Gasteiger partial charge on any atom is 0.416 e. The quantitative estimate of drug-likeness (QED) is 0.893. The minimum Gasteiger partial charge on any atom is -0.330 e. The molecule has 2 aliphatic heterocycles. The third kappa shape index (κ3) is 3.33.